The molecule has 0 fully saturated rings. The van der Waals surface area contributed by atoms with Crippen LogP contribution in [0.25, 0.3) is 0 Å². The van der Waals surface area contributed by atoms with Crippen molar-refractivity contribution in [1.82, 2.24) is 25.3 Å². The van der Waals surface area contributed by atoms with Gasteiger partial charge in [0.1, 0.15) is 5.69 Å². The van der Waals surface area contributed by atoms with Crippen LogP contribution >= 0.6 is 0 Å². The predicted octanol–water partition coefficient (Wildman–Crippen LogP) is 0.997. The largest absolute Gasteiger partial charge is 0.345 e. The Labute approximate surface area is 128 Å². The van der Waals surface area contributed by atoms with E-state index in [0.717, 1.165) is 5.69 Å². The molecular formula is C15H19N5O2. The number of carbonyl (C=O) groups is 1. The average Bonchev–Trinajstić information content (AvgIpc) is 2.45. The maximum absolute atomic E-state index is 12.1. The van der Waals surface area contributed by atoms with Crippen molar-refractivity contribution in [3.05, 3.63) is 51.7 Å². The minimum Gasteiger partial charge on any atom is -0.345 e. The van der Waals surface area contributed by atoms with E-state index in [-0.39, 0.29) is 12.2 Å². The number of hydrogen-bond donors (Lipinski definition) is 2. The lowest BCUT2D eigenvalue weighted by Crippen LogP contribution is -2.28. The lowest BCUT2D eigenvalue weighted by atomic mass is 10.1. The number of aryl methyl sites for hydroxylation is 1. The van der Waals surface area contributed by atoms with Gasteiger partial charge in [0.2, 0.25) is 0 Å². The van der Waals surface area contributed by atoms with Crippen molar-refractivity contribution in [1.29, 1.82) is 0 Å². The summed E-state index contributed by atoms with van der Waals surface area (Å²) in [5.41, 5.74) is 1.75. The highest BCUT2D eigenvalue weighted by Crippen LogP contribution is 2.05. The number of aromatic amines is 1. The minimum atomic E-state index is -0.515. The van der Waals surface area contributed by atoms with Gasteiger partial charge in [-0.15, -0.1) is 0 Å². The van der Waals surface area contributed by atoms with Crippen molar-refractivity contribution in [3.8, 4) is 0 Å². The molecule has 2 aromatic rings. The van der Waals surface area contributed by atoms with Gasteiger partial charge in [-0.25, -0.2) is 4.79 Å². The number of nitrogens with zero attached hydrogens (tertiary/aromatic N) is 3. The summed E-state index contributed by atoms with van der Waals surface area (Å²) in [5, 5.41) is 2.69. The van der Waals surface area contributed by atoms with Gasteiger partial charge >= 0.3 is 5.69 Å². The maximum Gasteiger partial charge on any atom is 0.345 e. The average molecular weight is 301 g/mol. The molecule has 1 amide bonds. The van der Waals surface area contributed by atoms with Crippen LogP contribution in [0.15, 0.2) is 23.3 Å². The summed E-state index contributed by atoms with van der Waals surface area (Å²) >= 11 is 0. The lowest BCUT2D eigenvalue weighted by Gasteiger charge is -2.07. The van der Waals surface area contributed by atoms with Crippen molar-refractivity contribution >= 4 is 5.91 Å². The van der Waals surface area contributed by atoms with E-state index in [4.69, 9.17) is 0 Å². The molecule has 0 atom stereocenters. The van der Waals surface area contributed by atoms with Crippen molar-refractivity contribution in [2.24, 2.45) is 5.92 Å². The fourth-order valence-electron chi connectivity index (χ4n) is 1.95. The quantitative estimate of drug-likeness (QED) is 0.858. The Morgan fingerprint density at radius 1 is 1.32 bits per heavy atom. The highest BCUT2D eigenvalue weighted by atomic mass is 16.2. The van der Waals surface area contributed by atoms with Crippen LogP contribution in [0.5, 0.6) is 0 Å². The third-order valence-corrected chi connectivity index (χ3v) is 2.93. The van der Waals surface area contributed by atoms with E-state index in [1.54, 1.807) is 18.5 Å². The molecule has 2 N–H and O–H groups in total. The lowest BCUT2D eigenvalue weighted by molar-refractivity contribution is 0.0944. The zero-order valence-corrected chi connectivity index (χ0v) is 12.9. The Balaban J connectivity index is 2.07. The van der Waals surface area contributed by atoms with Crippen molar-refractivity contribution < 1.29 is 4.79 Å². The molecule has 0 spiro atoms. The zero-order chi connectivity index (χ0) is 16.1. The second-order valence-corrected chi connectivity index (χ2v) is 5.53. The number of rotatable bonds is 5. The molecule has 7 heteroatoms. The summed E-state index contributed by atoms with van der Waals surface area (Å²) in [4.78, 5) is 38.3. The topological polar surface area (TPSA) is 101 Å². The molecular weight excluding hydrogens is 282 g/mol. The van der Waals surface area contributed by atoms with Crippen LogP contribution in [-0.2, 0) is 13.0 Å². The normalized spacial score (nSPS) is 10.7. The molecule has 0 aliphatic carbocycles. The molecule has 0 saturated heterocycles. The molecule has 0 radical (unpaired) electrons. The molecule has 0 saturated carbocycles. The van der Waals surface area contributed by atoms with Crippen LogP contribution in [0.2, 0.25) is 0 Å². The van der Waals surface area contributed by atoms with Gasteiger partial charge in [0, 0.05) is 11.9 Å². The first-order valence-electron chi connectivity index (χ1n) is 7.10. The monoisotopic (exact) mass is 301 g/mol. The molecule has 0 bridgehead atoms. The SMILES string of the molecule is Cc1cnc(CNC(=O)c2cc(CC(C)C)[nH]c(=O)n2)cn1. The predicted molar refractivity (Wildman–Crippen MR) is 81.3 cm³/mol. The van der Waals surface area contributed by atoms with E-state index < -0.39 is 11.6 Å². The highest BCUT2D eigenvalue weighted by molar-refractivity contribution is 5.92. The molecule has 0 aromatic carbocycles. The Morgan fingerprint density at radius 2 is 2.09 bits per heavy atom. The Bertz CT molecular complexity index is 707. The molecule has 0 aliphatic rings. The van der Waals surface area contributed by atoms with Crippen LogP contribution in [0.4, 0.5) is 0 Å². The maximum atomic E-state index is 12.1. The number of nitrogens with one attached hydrogen (secondary N) is 2. The first kappa shape index (κ1) is 15.8. The highest BCUT2D eigenvalue weighted by Gasteiger charge is 2.11. The Morgan fingerprint density at radius 3 is 2.73 bits per heavy atom. The van der Waals surface area contributed by atoms with E-state index in [2.05, 4.69) is 25.3 Å². The summed E-state index contributed by atoms with van der Waals surface area (Å²) in [6, 6.07) is 1.61. The van der Waals surface area contributed by atoms with E-state index in [0.29, 0.717) is 23.7 Å². The Kier molecular flexibility index (Phi) is 4.98. The zero-order valence-electron chi connectivity index (χ0n) is 12.9. The van der Waals surface area contributed by atoms with E-state index in [9.17, 15) is 9.59 Å². The van der Waals surface area contributed by atoms with Gasteiger partial charge in [-0.3, -0.25) is 14.8 Å². The third kappa shape index (κ3) is 4.47. The van der Waals surface area contributed by atoms with Crippen LogP contribution in [0.1, 0.15) is 41.4 Å². The summed E-state index contributed by atoms with van der Waals surface area (Å²) in [6.07, 6.45) is 3.92. The van der Waals surface area contributed by atoms with Crippen LogP contribution in [0.3, 0.4) is 0 Å². The number of carbonyl (C=O) groups excluding carboxylic acids is 1. The number of amides is 1. The summed E-state index contributed by atoms with van der Waals surface area (Å²) in [7, 11) is 0. The number of aromatic nitrogens is 4. The van der Waals surface area contributed by atoms with Crippen molar-refractivity contribution in [3.63, 3.8) is 0 Å². The van der Waals surface area contributed by atoms with Crippen molar-refractivity contribution in [2.45, 2.75) is 33.7 Å². The van der Waals surface area contributed by atoms with Gasteiger partial charge in [0.15, 0.2) is 0 Å². The summed E-state index contributed by atoms with van der Waals surface area (Å²) in [6.45, 7) is 6.15. The minimum absolute atomic E-state index is 0.111. The second kappa shape index (κ2) is 6.93. The molecule has 2 rings (SSSR count). The summed E-state index contributed by atoms with van der Waals surface area (Å²) < 4.78 is 0. The van der Waals surface area contributed by atoms with Gasteiger partial charge in [-0.1, -0.05) is 13.8 Å². The second-order valence-electron chi connectivity index (χ2n) is 5.53. The molecule has 2 heterocycles. The Hall–Kier alpha value is -2.57. The molecule has 2 aromatic heterocycles. The van der Waals surface area contributed by atoms with Gasteiger partial charge in [0.25, 0.3) is 5.91 Å². The van der Waals surface area contributed by atoms with Crippen LogP contribution in [-0.4, -0.2) is 25.8 Å². The fraction of sp³-hybridized carbons (Fsp3) is 0.400. The number of H-pyrrole nitrogens is 1. The third-order valence-electron chi connectivity index (χ3n) is 2.93. The van der Waals surface area contributed by atoms with E-state index >= 15 is 0 Å². The first-order valence-corrected chi connectivity index (χ1v) is 7.10. The van der Waals surface area contributed by atoms with Crippen LogP contribution in [0, 0.1) is 12.8 Å². The molecule has 116 valence electrons. The van der Waals surface area contributed by atoms with Gasteiger partial charge < -0.3 is 10.3 Å². The van der Waals surface area contributed by atoms with E-state index in [1.165, 1.54) is 0 Å². The van der Waals surface area contributed by atoms with Gasteiger partial charge in [0.05, 0.1) is 24.1 Å². The van der Waals surface area contributed by atoms with Gasteiger partial charge in [-0.2, -0.15) is 4.98 Å². The standard InChI is InChI=1S/C15H19N5O2/c1-9(2)4-11-5-13(20-15(22)19-11)14(21)18-8-12-7-16-10(3)6-17-12/h5-7,9H,4,8H2,1-3H3,(H,18,21)(H,19,20,22). The van der Waals surface area contributed by atoms with E-state index in [1.807, 2.05) is 20.8 Å². The summed E-state index contributed by atoms with van der Waals surface area (Å²) in [5.74, 6) is -0.0322. The van der Waals surface area contributed by atoms with Crippen molar-refractivity contribution in [2.75, 3.05) is 0 Å². The molecule has 0 aliphatic heterocycles. The first-order chi connectivity index (χ1) is 10.4. The van der Waals surface area contributed by atoms with Crippen LogP contribution < -0.4 is 11.0 Å². The van der Waals surface area contributed by atoms with Gasteiger partial charge in [-0.05, 0) is 25.3 Å². The molecule has 0 unspecified atom stereocenters. The fourth-order valence-corrected chi connectivity index (χ4v) is 1.95. The molecule has 22 heavy (non-hydrogen) atoms. The number of hydrogen-bond acceptors (Lipinski definition) is 5. The molecule has 7 nitrogen and oxygen atoms in total. The smallest absolute Gasteiger partial charge is 0.345 e.